The molecule has 2 aliphatic heterocycles. The van der Waals surface area contributed by atoms with Crippen LogP contribution < -0.4 is 5.32 Å². The molecule has 1 amide bonds. The lowest BCUT2D eigenvalue weighted by molar-refractivity contribution is -0.0785. The summed E-state index contributed by atoms with van der Waals surface area (Å²) in [7, 11) is 0. The third-order valence-electron chi connectivity index (χ3n) is 3.76. The highest BCUT2D eigenvalue weighted by Crippen LogP contribution is 2.32. The molecule has 2 heterocycles. The van der Waals surface area contributed by atoms with Gasteiger partial charge in [-0.15, -0.1) is 0 Å². The predicted octanol–water partition coefficient (Wildman–Crippen LogP) is 0.345. The van der Waals surface area contributed by atoms with Gasteiger partial charge in [-0.25, -0.2) is 4.79 Å². The van der Waals surface area contributed by atoms with Gasteiger partial charge in [0, 0.05) is 13.1 Å². The van der Waals surface area contributed by atoms with Crippen LogP contribution in [-0.4, -0.2) is 65.7 Å². The SMILES string of the molecule is CC(C)(C)OC(=O)NC1CN2CCOCC2(C)C1O. The van der Waals surface area contributed by atoms with Crippen LogP contribution in [0.3, 0.4) is 0 Å². The van der Waals surface area contributed by atoms with Gasteiger partial charge in [0.2, 0.25) is 0 Å². The Balaban J connectivity index is 1.97. The molecule has 0 aromatic rings. The first-order valence-corrected chi connectivity index (χ1v) is 6.73. The smallest absolute Gasteiger partial charge is 0.408 e. The van der Waals surface area contributed by atoms with Crippen LogP contribution in [0.2, 0.25) is 0 Å². The second-order valence-corrected chi connectivity index (χ2v) is 6.55. The van der Waals surface area contributed by atoms with Gasteiger partial charge in [0.15, 0.2) is 0 Å². The van der Waals surface area contributed by atoms with Gasteiger partial charge in [-0.05, 0) is 27.7 Å². The summed E-state index contributed by atoms with van der Waals surface area (Å²) in [6.45, 7) is 9.97. The van der Waals surface area contributed by atoms with E-state index in [0.29, 0.717) is 19.8 Å². The van der Waals surface area contributed by atoms with Gasteiger partial charge in [-0.2, -0.15) is 0 Å². The number of hydrogen-bond acceptors (Lipinski definition) is 5. The summed E-state index contributed by atoms with van der Waals surface area (Å²) < 4.78 is 10.7. The minimum Gasteiger partial charge on any atom is -0.444 e. The third-order valence-corrected chi connectivity index (χ3v) is 3.76. The number of carbonyl (C=O) groups excluding carboxylic acids is 1. The zero-order valence-electron chi connectivity index (χ0n) is 12.1. The molecule has 19 heavy (non-hydrogen) atoms. The number of aliphatic hydroxyl groups excluding tert-OH is 1. The molecule has 6 nitrogen and oxygen atoms in total. The van der Waals surface area contributed by atoms with Gasteiger partial charge in [0.1, 0.15) is 5.60 Å². The van der Waals surface area contributed by atoms with Crippen LogP contribution in [0.15, 0.2) is 0 Å². The number of nitrogens with one attached hydrogen (secondary N) is 1. The Morgan fingerprint density at radius 3 is 2.79 bits per heavy atom. The fourth-order valence-electron chi connectivity index (χ4n) is 2.73. The maximum absolute atomic E-state index is 11.8. The van der Waals surface area contributed by atoms with Crippen LogP contribution in [0.5, 0.6) is 0 Å². The molecule has 2 fully saturated rings. The molecule has 0 saturated carbocycles. The van der Waals surface area contributed by atoms with Crippen molar-refractivity contribution < 1.29 is 19.4 Å². The minimum absolute atomic E-state index is 0.318. The second kappa shape index (κ2) is 4.92. The Hall–Kier alpha value is -0.850. The molecule has 3 unspecified atom stereocenters. The number of nitrogens with zero attached hydrogens (tertiary/aromatic N) is 1. The lowest BCUT2D eigenvalue weighted by Crippen LogP contribution is -2.57. The van der Waals surface area contributed by atoms with E-state index < -0.39 is 23.3 Å². The summed E-state index contributed by atoms with van der Waals surface area (Å²) in [4.78, 5) is 13.9. The quantitative estimate of drug-likeness (QED) is 0.720. The molecule has 2 saturated heterocycles. The van der Waals surface area contributed by atoms with E-state index in [0.717, 1.165) is 6.54 Å². The topological polar surface area (TPSA) is 71.0 Å². The van der Waals surface area contributed by atoms with Gasteiger partial charge >= 0.3 is 6.09 Å². The number of aliphatic hydroxyl groups is 1. The third kappa shape index (κ3) is 3.01. The number of carbonyl (C=O) groups is 1. The highest BCUT2D eigenvalue weighted by molar-refractivity contribution is 5.68. The molecule has 2 rings (SSSR count). The van der Waals surface area contributed by atoms with Crippen LogP contribution in [0, 0.1) is 0 Å². The number of morpholine rings is 1. The first kappa shape index (κ1) is 14.6. The van der Waals surface area contributed by atoms with E-state index in [4.69, 9.17) is 9.47 Å². The number of amides is 1. The van der Waals surface area contributed by atoms with Crippen molar-refractivity contribution in [1.82, 2.24) is 10.2 Å². The Morgan fingerprint density at radius 2 is 2.21 bits per heavy atom. The van der Waals surface area contributed by atoms with E-state index in [1.54, 1.807) is 0 Å². The van der Waals surface area contributed by atoms with Crippen LogP contribution in [0.4, 0.5) is 4.79 Å². The summed E-state index contributed by atoms with van der Waals surface area (Å²) in [5, 5.41) is 13.2. The molecule has 3 atom stereocenters. The van der Waals surface area contributed by atoms with Gasteiger partial charge < -0.3 is 19.9 Å². The summed E-state index contributed by atoms with van der Waals surface area (Å²) in [5.41, 5.74) is -0.953. The van der Waals surface area contributed by atoms with Crippen molar-refractivity contribution >= 4 is 6.09 Å². The van der Waals surface area contributed by atoms with Crippen LogP contribution in [0.1, 0.15) is 27.7 Å². The fraction of sp³-hybridized carbons (Fsp3) is 0.923. The second-order valence-electron chi connectivity index (χ2n) is 6.55. The van der Waals surface area contributed by atoms with Crippen LogP contribution in [-0.2, 0) is 9.47 Å². The molecule has 0 aliphatic carbocycles. The monoisotopic (exact) mass is 272 g/mol. The Labute approximate surface area is 114 Å². The van der Waals surface area contributed by atoms with Crippen molar-refractivity contribution in [2.75, 3.05) is 26.3 Å². The molecule has 0 radical (unpaired) electrons. The first-order valence-electron chi connectivity index (χ1n) is 6.73. The van der Waals surface area contributed by atoms with Gasteiger partial charge in [-0.1, -0.05) is 0 Å². The van der Waals surface area contributed by atoms with Crippen molar-refractivity contribution in [2.24, 2.45) is 0 Å². The molecule has 2 aliphatic rings. The maximum Gasteiger partial charge on any atom is 0.408 e. The van der Waals surface area contributed by atoms with Crippen LogP contribution in [0.25, 0.3) is 0 Å². The van der Waals surface area contributed by atoms with E-state index >= 15 is 0 Å². The highest BCUT2D eigenvalue weighted by Gasteiger charge is 2.52. The van der Waals surface area contributed by atoms with E-state index in [1.165, 1.54) is 0 Å². The summed E-state index contributed by atoms with van der Waals surface area (Å²) >= 11 is 0. The molecular formula is C13H24N2O4. The summed E-state index contributed by atoms with van der Waals surface area (Å²) in [6.07, 6.45) is -1.14. The average Bonchev–Trinajstić information content (AvgIpc) is 2.50. The van der Waals surface area contributed by atoms with E-state index in [-0.39, 0.29) is 6.04 Å². The summed E-state index contributed by atoms with van der Waals surface area (Å²) in [5.74, 6) is 0. The molecular weight excluding hydrogens is 248 g/mol. The first-order chi connectivity index (χ1) is 8.72. The molecule has 0 aromatic heterocycles. The number of hydrogen-bond donors (Lipinski definition) is 2. The molecule has 110 valence electrons. The largest absolute Gasteiger partial charge is 0.444 e. The Morgan fingerprint density at radius 1 is 1.53 bits per heavy atom. The standard InChI is InChI=1S/C13H24N2O4/c1-12(2,3)19-11(17)14-9-7-15-5-6-18-8-13(15,4)10(9)16/h9-10,16H,5-8H2,1-4H3,(H,14,17). The zero-order chi connectivity index (χ0) is 14.3. The average molecular weight is 272 g/mol. The van der Waals surface area contributed by atoms with Crippen LogP contribution >= 0.6 is 0 Å². The molecule has 0 aromatic carbocycles. The van der Waals surface area contributed by atoms with Crippen molar-refractivity contribution in [3.63, 3.8) is 0 Å². The minimum atomic E-state index is -0.652. The van der Waals surface area contributed by atoms with Crippen molar-refractivity contribution in [3.8, 4) is 0 Å². The van der Waals surface area contributed by atoms with E-state index in [9.17, 15) is 9.90 Å². The fourth-order valence-corrected chi connectivity index (χ4v) is 2.73. The highest BCUT2D eigenvalue weighted by atomic mass is 16.6. The summed E-state index contributed by atoms with van der Waals surface area (Å²) in [6, 6.07) is -0.318. The Kier molecular flexibility index (Phi) is 3.77. The van der Waals surface area contributed by atoms with Crippen molar-refractivity contribution in [2.45, 2.75) is 51.0 Å². The lowest BCUT2D eigenvalue weighted by atomic mass is 9.94. The number of rotatable bonds is 1. The maximum atomic E-state index is 11.8. The van der Waals surface area contributed by atoms with E-state index in [1.807, 2.05) is 27.7 Å². The normalized spacial score (nSPS) is 35.8. The van der Waals surface area contributed by atoms with Gasteiger partial charge in [0.25, 0.3) is 0 Å². The molecule has 6 heteroatoms. The Bertz CT molecular complexity index is 355. The molecule has 2 N–H and O–H groups in total. The number of alkyl carbamates (subject to hydrolysis) is 1. The number of fused-ring (bicyclic) bond motifs is 1. The zero-order valence-corrected chi connectivity index (χ0v) is 12.1. The van der Waals surface area contributed by atoms with Gasteiger partial charge in [-0.3, -0.25) is 4.90 Å². The van der Waals surface area contributed by atoms with E-state index in [2.05, 4.69) is 10.2 Å². The molecule has 0 bridgehead atoms. The van der Waals surface area contributed by atoms with Crippen molar-refractivity contribution in [3.05, 3.63) is 0 Å². The molecule has 0 spiro atoms. The predicted molar refractivity (Wildman–Crippen MR) is 70.0 cm³/mol. The van der Waals surface area contributed by atoms with Crippen molar-refractivity contribution in [1.29, 1.82) is 0 Å². The number of ether oxygens (including phenoxy) is 2. The lowest BCUT2D eigenvalue weighted by Gasteiger charge is -2.40. The van der Waals surface area contributed by atoms with Gasteiger partial charge in [0.05, 0.1) is 30.9 Å².